The zero-order valence-electron chi connectivity index (χ0n) is 11.8. The van der Waals surface area contributed by atoms with Gasteiger partial charge in [0.25, 0.3) is 5.91 Å². The van der Waals surface area contributed by atoms with Crippen LogP contribution in [0.5, 0.6) is 5.75 Å². The second-order valence-electron chi connectivity index (χ2n) is 4.40. The van der Waals surface area contributed by atoms with Crippen LogP contribution in [0.2, 0.25) is 10.0 Å². The number of halogens is 2. The van der Waals surface area contributed by atoms with E-state index in [-0.39, 0.29) is 12.3 Å². The van der Waals surface area contributed by atoms with Gasteiger partial charge in [0.15, 0.2) is 6.73 Å². The number of carbonyl (C=O) groups is 2. The van der Waals surface area contributed by atoms with Crippen molar-refractivity contribution in [2.24, 2.45) is 5.73 Å². The van der Waals surface area contributed by atoms with Crippen molar-refractivity contribution in [3.63, 3.8) is 0 Å². The van der Waals surface area contributed by atoms with Gasteiger partial charge in [0.05, 0.1) is 16.3 Å². The van der Waals surface area contributed by atoms with E-state index in [1.807, 2.05) is 0 Å². The Morgan fingerprint density at radius 1 is 1.13 bits per heavy atom. The van der Waals surface area contributed by atoms with Gasteiger partial charge in [-0.1, -0.05) is 35.3 Å². The van der Waals surface area contributed by atoms with Crippen LogP contribution in [0.4, 0.5) is 10.5 Å². The van der Waals surface area contributed by atoms with Crippen LogP contribution in [0, 0.1) is 0 Å². The topological polar surface area (TPSA) is 93.5 Å². The summed E-state index contributed by atoms with van der Waals surface area (Å²) in [6, 6.07) is 10.6. The highest BCUT2D eigenvalue weighted by Crippen LogP contribution is 2.27. The number of hydrogen-bond donors (Lipinski definition) is 3. The maximum Gasteiger partial charge on any atom is 0.321 e. The highest BCUT2D eigenvalue weighted by atomic mass is 35.5. The molecule has 0 aliphatic heterocycles. The number of urea groups is 1. The highest BCUT2D eigenvalue weighted by molar-refractivity contribution is 6.35. The summed E-state index contributed by atoms with van der Waals surface area (Å²) in [5, 5.41) is 5.80. The van der Waals surface area contributed by atoms with Crippen molar-refractivity contribution in [2.45, 2.75) is 0 Å². The first-order chi connectivity index (χ1) is 11.0. The van der Waals surface area contributed by atoms with Crippen LogP contribution >= 0.6 is 23.2 Å². The number of hydrogen-bond acceptors (Lipinski definition) is 3. The number of nitrogens with one attached hydrogen (secondary N) is 2. The van der Waals surface area contributed by atoms with Gasteiger partial charge in [-0.05, 0) is 30.3 Å². The average Bonchev–Trinajstić information content (AvgIpc) is 2.50. The van der Waals surface area contributed by atoms with Crippen molar-refractivity contribution in [1.29, 1.82) is 0 Å². The van der Waals surface area contributed by atoms with Gasteiger partial charge in [0, 0.05) is 5.02 Å². The van der Waals surface area contributed by atoms with E-state index >= 15 is 0 Å². The summed E-state index contributed by atoms with van der Waals surface area (Å²) in [6.45, 7) is -0.119. The summed E-state index contributed by atoms with van der Waals surface area (Å²) in [7, 11) is 0. The first-order valence-corrected chi connectivity index (χ1v) is 7.24. The maximum atomic E-state index is 11.8. The van der Waals surface area contributed by atoms with E-state index in [1.165, 1.54) is 12.1 Å². The fourth-order valence-corrected chi connectivity index (χ4v) is 2.21. The second-order valence-corrected chi connectivity index (χ2v) is 5.25. The largest absolute Gasteiger partial charge is 0.472 e. The lowest BCUT2D eigenvalue weighted by atomic mass is 10.1. The molecule has 0 aromatic heterocycles. The minimum Gasteiger partial charge on any atom is -0.472 e. The molecule has 0 unspecified atom stereocenters. The lowest BCUT2D eigenvalue weighted by Crippen LogP contribution is -2.32. The van der Waals surface area contributed by atoms with Crippen LogP contribution in [0.15, 0.2) is 42.5 Å². The standard InChI is InChI=1S/C15H13Cl2N3O3/c16-9-5-6-13(11(17)7-9)23-8-19-15(22)20-12-4-2-1-3-10(12)14(18)21/h1-7H,8H2,(H2,18,21)(H2,19,20,22). The molecule has 6 nitrogen and oxygen atoms in total. The van der Waals surface area contributed by atoms with Crippen molar-refractivity contribution in [1.82, 2.24) is 5.32 Å². The fourth-order valence-electron chi connectivity index (χ4n) is 1.75. The molecule has 2 rings (SSSR count). The number of para-hydroxylation sites is 1. The molecule has 0 saturated carbocycles. The number of amides is 3. The lowest BCUT2D eigenvalue weighted by Gasteiger charge is -2.12. The van der Waals surface area contributed by atoms with Gasteiger partial charge in [-0.3, -0.25) is 4.79 Å². The number of rotatable bonds is 5. The van der Waals surface area contributed by atoms with E-state index in [4.69, 9.17) is 33.7 Å². The maximum absolute atomic E-state index is 11.8. The molecular formula is C15H13Cl2N3O3. The quantitative estimate of drug-likeness (QED) is 0.720. The molecule has 2 aromatic rings. The number of nitrogens with two attached hydrogens (primary N) is 1. The monoisotopic (exact) mass is 353 g/mol. The molecular weight excluding hydrogens is 341 g/mol. The second kappa shape index (κ2) is 7.71. The Morgan fingerprint density at radius 2 is 1.87 bits per heavy atom. The van der Waals surface area contributed by atoms with Crippen molar-refractivity contribution < 1.29 is 14.3 Å². The minimum atomic E-state index is -0.634. The van der Waals surface area contributed by atoms with Gasteiger partial charge in [-0.25, -0.2) is 4.79 Å². The van der Waals surface area contributed by atoms with Crippen molar-refractivity contribution >= 4 is 40.8 Å². The molecule has 0 heterocycles. The SMILES string of the molecule is NC(=O)c1ccccc1NC(=O)NCOc1ccc(Cl)cc1Cl. The molecule has 0 spiro atoms. The number of carbonyl (C=O) groups excluding carboxylic acids is 2. The third kappa shape index (κ3) is 4.77. The van der Waals surface area contributed by atoms with E-state index in [1.54, 1.807) is 30.3 Å². The van der Waals surface area contributed by atoms with E-state index in [2.05, 4.69) is 10.6 Å². The molecule has 0 aliphatic rings. The highest BCUT2D eigenvalue weighted by Gasteiger charge is 2.10. The Balaban J connectivity index is 1.90. The zero-order valence-corrected chi connectivity index (χ0v) is 13.3. The van der Waals surface area contributed by atoms with Gasteiger partial charge in [0.1, 0.15) is 5.75 Å². The number of benzene rings is 2. The normalized spacial score (nSPS) is 10.0. The Bertz CT molecular complexity index is 738. The predicted molar refractivity (Wildman–Crippen MR) is 89.1 cm³/mol. The van der Waals surface area contributed by atoms with Crippen LogP contribution in [0.25, 0.3) is 0 Å². The van der Waals surface area contributed by atoms with Gasteiger partial charge < -0.3 is 21.1 Å². The van der Waals surface area contributed by atoms with E-state index in [9.17, 15) is 9.59 Å². The Labute approximate surface area is 142 Å². The summed E-state index contributed by atoms with van der Waals surface area (Å²) in [5.74, 6) is -0.251. The van der Waals surface area contributed by atoms with Crippen LogP contribution in [0.3, 0.4) is 0 Å². The molecule has 3 amide bonds. The first kappa shape index (κ1) is 16.9. The summed E-state index contributed by atoms with van der Waals surface area (Å²) < 4.78 is 5.32. The Hall–Kier alpha value is -2.44. The van der Waals surface area contributed by atoms with Crippen LogP contribution in [0.1, 0.15) is 10.4 Å². The van der Waals surface area contributed by atoms with Crippen LogP contribution in [-0.4, -0.2) is 18.7 Å². The average molecular weight is 354 g/mol. The summed E-state index contributed by atoms with van der Waals surface area (Å²) in [4.78, 5) is 23.1. The molecule has 120 valence electrons. The first-order valence-electron chi connectivity index (χ1n) is 6.49. The number of primary amides is 1. The summed E-state index contributed by atoms with van der Waals surface area (Å²) in [5.41, 5.74) is 5.75. The van der Waals surface area contributed by atoms with Crippen LogP contribution in [-0.2, 0) is 0 Å². The Kier molecular flexibility index (Phi) is 5.67. The summed E-state index contributed by atoms with van der Waals surface area (Å²) in [6.07, 6.45) is 0. The number of ether oxygens (including phenoxy) is 1. The number of anilines is 1. The molecule has 8 heteroatoms. The molecule has 0 bridgehead atoms. The van der Waals surface area contributed by atoms with Gasteiger partial charge in [-0.15, -0.1) is 0 Å². The molecule has 4 N–H and O–H groups in total. The van der Waals surface area contributed by atoms with Crippen molar-refractivity contribution in [3.05, 3.63) is 58.1 Å². The molecule has 0 saturated heterocycles. The smallest absolute Gasteiger partial charge is 0.321 e. The third-order valence-corrected chi connectivity index (χ3v) is 3.33. The lowest BCUT2D eigenvalue weighted by molar-refractivity contribution is 0.100. The predicted octanol–water partition coefficient (Wildman–Crippen LogP) is 3.25. The Morgan fingerprint density at radius 3 is 2.57 bits per heavy atom. The van der Waals surface area contributed by atoms with E-state index in [0.29, 0.717) is 21.5 Å². The molecule has 0 atom stereocenters. The molecule has 23 heavy (non-hydrogen) atoms. The van der Waals surface area contributed by atoms with E-state index < -0.39 is 11.9 Å². The van der Waals surface area contributed by atoms with E-state index in [0.717, 1.165) is 0 Å². The van der Waals surface area contributed by atoms with Gasteiger partial charge >= 0.3 is 6.03 Å². The van der Waals surface area contributed by atoms with Gasteiger partial charge in [-0.2, -0.15) is 0 Å². The van der Waals surface area contributed by atoms with Gasteiger partial charge in [0.2, 0.25) is 0 Å². The fraction of sp³-hybridized carbons (Fsp3) is 0.0667. The molecule has 0 radical (unpaired) electrons. The zero-order chi connectivity index (χ0) is 16.8. The molecule has 2 aromatic carbocycles. The van der Waals surface area contributed by atoms with Crippen molar-refractivity contribution in [2.75, 3.05) is 12.0 Å². The minimum absolute atomic E-state index is 0.119. The molecule has 0 fully saturated rings. The molecule has 0 aliphatic carbocycles. The van der Waals surface area contributed by atoms with Crippen LogP contribution < -0.4 is 21.1 Å². The summed E-state index contributed by atoms with van der Waals surface area (Å²) >= 11 is 11.7. The van der Waals surface area contributed by atoms with Crippen molar-refractivity contribution in [3.8, 4) is 5.75 Å². The third-order valence-electron chi connectivity index (χ3n) is 2.80.